The molecule has 0 amide bonds. The molecule has 3 heteroatoms. The van der Waals surface area contributed by atoms with Crippen LogP contribution in [0, 0.1) is 11.7 Å². The maximum Gasteiger partial charge on any atom is 0.167 e. The van der Waals surface area contributed by atoms with Crippen molar-refractivity contribution < 1.29 is 9.18 Å². The third-order valence-corrected chi connectivity index (χ3v) is 1.94. The van der Waals surface area contributed by atoms with Gasteiger partial charge >= 0.3 is 0 Å². The molecule has 1 saturated carbocycles. The summed E-state index contributed by atoms with van der Waals surface area (Å²) >= 11 is 0. The molecule has 0 unspecified atom stereocenters. The first-order chi connectivity index (χ1) is 5.77. The van der Waals surface area contributed by atoms with E-state index in [1.54, 1.807) is 0 Å². The van der Waals surface area contributed by atoms with E-state index < -0.39 is 5.82 Å². The predicted octanol–water partition coefficient (Wildman–Crippen LogP) is 1.81. The molecule has 62 valence electrons. The summed E-state index contributed by atoms with van der Waals surface area (Å²) in [6.45, 7) is 0. The Balaban J connectivity index is 2.26. The average molecular weight is 165 g/mol. The van der Waals surface area contributed by atoms with E-state index in [0.29, 0.717) is 5.56 Å². The molecule has 12 heavy (non-hydrogen) atoms. The Kier molecular flexibility index (Phi) is 1.64. The third kappa shape index (κ3) is 1.35. The quantitative estimate of drug-likeness (QED) is 0.625. The molecule has 0 N–H and O–H groups in total. The van der Waals surface area contributed by atoms with Crippen LogP contribution in [0.2, 0.25) is 0 Å². The first kappa shape index (κ1) is 7.40. The molecule has 1 aliphatic rings. The van der Waals surface area contributed by atoms with Gasteiger partial charge in [-0.05, 0) is 18.9 Å². The zero-order valence-electron chi connectivity index (χ0n) is 6.46. The highest BCUT2D eigenvalue weighted by Crippen LogP contribution is 2.32. The lowest BCUT2D eigenvalue weighted by atomic mass is 10.1. The Morgan fingerprint density at radius 1 is 1.50 bits per heavy atom. The summed E-state index contributed by atoms with van der Waals surface area (Å²) in [6.07, 6.45) is 4.40. The SMILES string of the molecule is O=C(c1cncc(F)c1)C1CC1. The Bertz CT molecular complexity index is 320. The van der Waals surface area contributed by atoms with Gasteiger partial charge in [0.25, 0.3) is 0 Å². The zero-order valence-corrected chi connectivity index (χ0v) is 6.46. The van der Waals surface area contributed by atoms with E-state index in [2.05, 4.69) is 4.98 Å². The van der Waals surface area contributed by atoms with Crippen LogP contribution in [-0.4, -0.2) is 10.8 Å². The van der Waals surface area contributed by atoms with Gasteiger partial charge < -0.3 is 0 Å². The molecule has 2 nitrogen and oxygen atoms in total. The van der Waals surface area contributed by atoms with Crippen LogP contribution in [0.3, 0.4) is 0 Å². The minimum Gasteiger partial charge on any atom is -0.294 e. The molecular formula is C9H8FNO. The van der Waals surface area contributed by atoms with Crippen LogP contribution in [0.25, 0.3) is 0 Å². The molecule has 0 atom stereocenters. The monoisotopic (exact) mass is 165 g/mol. The molecule has 1 fully saturated rings. The molecule has 1 heterocycles. The number of rotatable bonds is 2. The summed E-state index contributed by atoms with van der Waals surface area (Å²) in [4.78, 5) is 15.0. The van der Waals surface area contributed by atoms with E-state index in [1.165, 1.54) is 12.3 Å². The van der Waals surface area contributed by atoms with Gasteiger partial charge in [-0.2, -0.15) is 0 Å². The van der Waals surface area contributed by atoms with Crippen LogP contribution >= 0.6 is 0 Å². The number of halogens is 1. The van der Waals surface area contributed by atoms with Crippen molar-refractivity contribution in [3.63, 3.8) is 0 Å². The number of aromatic nitrogens is 1. The third-order valence-electron chi connectivity index (χ3n) is 1.94. The van der Waals surface area contributed by atoms with E-state index >= 15 is 0 Å². The highest BCUT2D eigenvalue weighted by molar-refractivity contribution is 5.98. The van der Waals surface area contributed by atoms with Crippen molar-refractivity contribution in [2.75, 3.05) is 0 Å². The van der Waals surface area contributed by atoms with Crippen molar-refractivity contribution in [2.24, 2.45) is 5.92 Å². The number of pyridine rings is 1. The highest BCUT2D eigenvalue weighted by atomic mass is 19.1. The fourth-order valence-corrected chi connectivity index (χ4v) is 1.13. The molecule has 2 rings (SSSR count). The number of hydrogen-bond acceptors (Lipinski definition) is 2. The van der Waals surface area contributed by atoms with Crippen molar-refractivity contribution in [2.45, 2.75) is 12.8 Å². The summed E-state index contributed by atoms with van der Waals surface area (Å²) in [7, 11) is 0. The number of ketones is 1. The fourth-order valence-electron chi connectivity index (χ4n) is 1.13. The van der Waals surface area contributed by atoms with Gasteiger partial charge in [0.2, 0.25) is 0 Å². The average Bonchev–Trinajstić information content (AvgIpc) is 2.85. The number of Topliss-reactive ketones (excluding diaryl/α,β-unsaturated/α-hetero) is 1. The molecule has 0 radical (unpaired) electrons. The second-order valence-corrected chi connectivity index (χ2v) is 3.03. The summed E-state index contributed by atoms with van der Waals surface area (Å²) < 4.78 is 12.6. The van der Waals surface area contributed by atoms with Crippen LogP contribution in [0.4, 0.5) is 4.39 Å². The maximum absolute atomic E-state index is 12.6. The Morgan fingerprint density at radius 3 is 2.83 bits per heavy atom. The standard InChI is InChI=1S/C9H8FNO/c10-8-3-7(4-11-5-8)9(12)6-1-2-6/h3-6H,1-2H2. The van der Waals surface area contributed by atoms with Crippen molar-refractivity contribution in [3.05, 3.63) is 29.8 Å². The lowest BCUT2D eigenvalue weighted by Gasteiger charge is -1.96. The minimum atomic E-state index is -0.443. The van der Waals surface area contributed by atoms with Gasteiger partial charge in [0, 0.05) is 17.7 Å². The second-order valence-electron chi connectivity index (χ2n) is 3.03. The van der Waals surface area contributed by atoms with Crippen LogP contribution < -0.4 is 0 Å². The smallest absolute Gasteiger partial charge is 0.167 e. The van der Waals surface area contributed by atoms with Crippen molar-refractivity contribution in [1.82, 2.24) is 4.98 Å². The lowest BCUT2D eigenvalue weighted by molar-refractivity contribution is 0.0967. The summed E-state index contributed by atoms with van der Waals surface area (Å²) in [5.74, 6) is -0.280. The number of nitrogens with zero attached hydrogens (tertiary/aromatic N) is 1. The van der Waals surface area contributed by atoms with Gasteiger partial charge in [-0.1, -0.05) is 0 Å². The molecule has 1 aliphatic carbocycles. The topological polar surface area (TPSA) is 30.0 Å². The lowest BCUT2D eigenvalue weighted by Crippen LogP contribution is -2.02. The molecule has 0 spiro atoms. The molecular weight excluding hydrogens is 157 g/mol. The number of carbonyl (C=O) groups is 1. The second kappa shape index (κ2) is 2.66. The van der Waals surface area contributed by atoms with Crippen LogP contribution in [-0.2, 0) is 0 Å². The van der Waals surface area contributed by atoms with Crippen LogP contribution in [0.5, 0.6) is 0 Å². The van der Waals surface area contributed by atoms with E-state index in [9.17, 15) is 9.18 Å². The fraction of sp³-hybridized carbons (Fsp3) is 0.333. The van der Waals surface area contributed by atoms with Gasteiger partial charge in [-0.25, -0.2) is 4.39 Å². The normalized spacial score (nSPS) is 16.1. The van der Waals surface area contributed by atoms with Crippen LogP contribution in [0.1, 0.15) is 23.2 Å². The van der Waals surface area contributed by atoms with Crippen LogP contribution in [0.15, 0.2) is 18.5 Å². The number of carbonyl (C=O) groups excluding carboxylic acids is 1. The molecule has 0 bridgehead atoms. The first-order valence-electron chi connectivity index (χ1n) is 3.92. The molecule has 1 aromatic rings. The number of hydrogen-bond donors (Lipinski definition) is 0. The van der Waals surface area contributed by atoms with Gasteiger partial charge in [-0.3, -0.25) is 9.78 Å². The van der Waals surface area contributed by atoms with E-state index in [1.807, 2.05) is 0 Å². The largest absolute Gasteiger partial charge is 0.294 e. The van der Waals surface area contributed by atoms with Gasteiger partial charge in [-0.15, -0.1) is 0 Å². The van der Waals surface area contributed by atoms with Crippen molar-refractivity contribution in [1.29, 1.82) is 0 Å². The van der Waals surface area contributed by atoms with E-state index in [-0.39, 0.29) is 11.7 Å². The Labute approximate surface area is 69.4 Å². The Hall–Kier alpha value is -1.25. The molecule has 0 saturated heterocycles. The van der Waals surface area contributed by atoms with Gasteiger partial charge in [0.05, 0.1) is 6.20 Å². The van der Waals surface area contributed by atoms with E-state index in [4.69, 9.17) is 0 Å². The van der Waals surface area contributed by atoms with Crippen molar-refractivity contribution in [3.8, 4) is 0 Å². The molecule has 0 aliphatic heterocycles. The molecule has 1 aromatic heterocycles. The maximum atomic E-state index is 12.6. The summed E-state index contributed by atoms with van der Waals surface area (Å²) in [5, 5.41) is 0. The minimum absolute atomic E-state index is 0.0296. The van der Waals surface area contributed by atoms with Gasteiger partial charge in [0.15, 0.2) is 5.78 Å². The Morgan fingerprint density at radius 2 is 2.25 bits per heavy atom. The highest BCUT2D eigenvalue weighted by Gasteiger charge is 2.30. The predicted molar refractivity (Wildman–Crippen MR) is 41.2 cm³/mol. The molecule has 0 aromatic carbocycles. The van der Waals surface area contributed by atoms with E-state index in [0.717, 1.165) is 19.0 Å². The summed E-state index contributed by atoms with van der Waals surface area (Å²) in [6, 6.07) is 1.24. The zero-order chi connectivity index (χ0) is 8.55. The van der Waals surface area contributed by atoms with Crippen molar-refractivity contribution >= 4 is 5.78 Å². The summed E-state index contributed by atoms with van der Waals surface area (Å²) in [5.41, 5.74) is 0.400. The van der Waals surface area contributed by atoms with Gasteiger partial charge in [0.1, 0.15) is 5.82 Å². The first-order valence-corrected chi connectivity index (χ1v) is 3.92.